The largest absolute Gasteiger partial charge is 0.490 e. The number of rotatable bonds is 10. The molecule has 3 N–H and O–H groups in total. The lowest BCUT2D eigenvalue weighted by Crippen LogP contribution is -2.32. The van der Waals surface area contributed by atoms with E-state index in [0.29, 0.717) is 12.6 Å². The average Bonchev–Trinajstić information content (AvgIpc) is 2.57. The Balaban J connectivity index is 1.51. The van der Waals surface area contributed by atoms with Gasteiger partial charge in [-0.05, 0) is 76.6 Å². The van der Waals surface area contributed by atoms with Gasteiger partial charge in [0, 0.05) is 6.04 Å². The molecular formula is C19H32N2O2. The zero-order chi connectivity index (χ0) is 16.3. The van der Waals surface area contributed by atoms with Crippen molar-refractivity contribution >= 4 is 0 Å². The molecule has 1 aliphatic carbocycles. The van der Waals surface area contributed by atoms with Crippen LogP contribution in [0.5, 0.6) is 11.5 Å². The van der Waals surface area contributed by atoms with Crippen molar-refractivity contribution in [2.75, 3.05) is 26.3 Å². The molecule has 0 unspecified atom stereocenters. The summed E-state index contributed by atoms with van der Waals surface area (Å²) in [4.78, 5) is 0. The fraction of sp³-hybridized carbons (Fsp3) is 0.684. The standard InChI is InChI=1S/C19H32N2O2/c1-2-22-18-7-3-4-8-19(18)23-14-6-5-13-21-15-16-9-11-17(20)12-10-16/h3-4,7-8,16-17,21H,2,5-6,9-15,20H2,1H3. The van der Waals surface area contributed by atoms with Gasteiger partial charge >= 0.3 is 0 Å². The molecule has 0 spiro atoms. The van der Waals surface area contributed by atoms with Crippen molar-refractivity contribution in [3.63, 3.8) is 0 Å². The molecule has 0 aliphatic heterocycles. The maximum absolute atomic E-state index is 5.94. The first-order valence-electron chi connectivity index (χ1n) is 9.10. The van der Waals surface area contributed by atoms with E-state index in [1.165, 1.54) is 25.7 Å². The summed E-state index contributed by atoms with van der Waals surface area (Å²) in [6, 6.07) is 8.33. The topological polar surface area (TPSA) is 56.5 Å². The third-order valence-corrected chi connectivity index (χ3v) is 4.48. The quantitative estimate of drug-likeness (QED) is 0.649. The molecule has 1 aromatic carbocycles. The van der Waals surface area contributed by atoms with E-state index in [1.807, 2.05) is 31.2 Å². The fourth-order valence-electron chi connectivity index (χ4n) is 3.08. The Morgan fingerprint density at radius 3 is 2.43 bits per heavy atom. The Morgan fingerprint density at radius 2 is 1.74 bits per heavy atom. The van der Waals surface area contributed by atoms with Crippen molar-refractivity contribution in [1.82, 2.24) is 5.32 Å². The lowest BCUT2D eigenvalue weighted by atomic mass is 9.86. The fourth-order valence-corrected chi connectivity index (χ4v) is 3.08. The van der Waals surface area contributed by atoms with Crippen molar-refractivity contribution < 1.29 is 9.47 Å². The second-order valence-corrected chi connectivity index (χ2v) is 6.42. The number of nitrogens with two attached hydrogens (primary N) is 1. The van der Waals surface area contributed by atoms with Gasteiger partial charge in [0.25, 0.3) is 0 Å². The molecule has 1 aliphatic rings. The maximum Gasteiger partial charge on any atom is 0.161 e. The normalized spacial score (nSPS) is 21.1. The van der Waals surface area contributed by atoms with Crippen molar-refractivity contribution in [1.29, 1.82) is 0 Å². The highest BCUT2D eigenvalue weighted by atomic mass is 16.5. The highest BCUT2D eigenvalue weighted by Gasteiger charge is 2.17. The molecule has 1 saturated carbocycles. The van der Waals surface area contributed by atoms with Gasteiger partial charge in [-0.25, -0.2) is 0 Å². The Kier molecular flexibility index (Phi) is 8.26. The van der Waals surface area contributed by atoms with Crippen LogP contribution in [0, 0.1) is 5.92 Å². The summed E-state index contributed by atoms with van der Waals surface area (Å²) in [6.45, 7) is 5.60. The van der Waals surface area contributed by atoms with Gasteiger partial charge in [-0.1, -0.05) is 12.1 Å². The molecule has 1 fully saturated rings. The van der Waals surface area contributed by atoms with Crippen LogP contribution in [-0.4, -0.2) is 32.3 Å². The number of ether oxygens (including phenoxy) is 2. The van der Waals surface area contributed by atoms with Gasteiger partial charge in [0.05, 0.1) is 13.2 Å². The predicted octanol–water partition coefficient (Wildman–Crippen LogP) is 3.35. The highest BCUT2D eigenvalue weighted by Crippen LogP contribution is 2.26. The van der Waals surface area contributed by atoms with E-state index in [2.05, 4.69) is 5.32 Å². The van der Waals surface area contributed by atoms with E-state index >= 15 is 0 Å². The molecule has 0 bridgehead atoms. The number of hydrogen-bond donors (Lipinski definition) is 2. The molecule has 0 aromatic heterocycles. The van der Waals surface area contributed by atoms with Gasteiger partial charge in [0.1, 0.15) is 0 Å². The minimum atomic E-state index is 0.447. The molecule has 0 heterocycles. The molecule has 0 saturated heterocycles. The summed E-state index contributed by atoms with van der Waals surface area (Å²) in [5.74, 6) is 2.51. The first-order chi connectivity index (χ1) is 11.3. The zero-order valence-electron chi connectivity index (χ0n) is 14.4. The average molecular weight is 320 g/mol. The minimum absolute atomic E-state index is 0.447. The molecule has 0 amide bonds. The van der Waals surface area contributed by atoms with Crippen molar-refractivity contribution in [2.45, 2.75) is 51.5 Å². The van der Waals surface area contributed by atoms with Crippen molar-refractivity contribution in [3.8, 4) is 11.5 Å². The number of benzene rings is 1. The van der Waals surface area contributed by atoms with Crippen LogP contribution in [0.25, 0.3) is 0 Å². The van der Waals surface area contributed by atoms with E-state index in [-0.39, 0.29) is 0 Å². The SMILES string of the molecule is CCOc1ccccc1OCCCCNCC1CCC(N)CC1. The van der Waals surface area contributed by atoms with Crippen LogP contribution < -0.4 is 20.5 Å². The van der Waals surface area contributed by atoms with E-state index in [4.69, 9.17) is 15.2 Å². The van der Waals surface area contributed by atoms with Crippen LogP contribution in [-0.2, 0) is 0 Å². The summed E-state index contributed by atoms with van der Waals surface area (Å²) in [6.07, 6.45) is 7.15. The molecule has 0 radical (unpaired) electrons. The van der Waals surface area contributed by atoms with Gasteiger partial charge in [-0.15, -0.1) is 0 Å². The van der Waals surface area contributed by atoms with Gasteiger partial charge < -0.3 is 20.5 Å². The third-order valence-electron chi connectivity index (χ3n) is 4.48. The summed E-state index contributed by atoms with van der Waals surface area (Å²) < 4.78 is 11.4. The van der Waals surface area contributed by atoms with Crippen LogP contribution in [0.1, 0.15) is 45.4 Å². The van der Waals surface area contributed by atoms with E-state index in [9.17, 15) is 0 Å². The molecule has 0 atom stereocenters. The van der Waals surface area contributed by atoms with Gasteiger partial charge in [0.2, 0.25) is 0 Å². The van der Waals surface area contributed by atoms with Crippen LogP contribution in [0.15, 0.2) is 24.3 Å². The van der Waals surface area contributed by atoms with E-state index in [1.54, 1.807) is 0 Å². The van der Waals surface area contributed by atoms with E-state index < -0.39 is 0 Å². The first kappa shape index (κ1) is 18.1. The Labute approximate surface area is 140 Å². The minimum Gasteiger partial charge on any atom is -0.490 e. The molecule has 130 valence electrons. The molecule has 23 heavy (non-hydrogen) atoms. The summed E-state index contributed by atoms with van der Waals surface area (Å²) >= 11 is 0. The first-order valence-corrected chi connectivity index (χ1v) is 9.10. The summed E-state index contributed by atoms with van der Waals surface area (Å²) in [5.41, 5.74) is 5.94. The van der Waals surface area contributed by atoms with Crippen molar-refractivity contribution in [2.24, 2.45) is 11.7 Å². The molecular weight excluding hydrogens is 288 g/mol. The Morgan fingerprint density at radius 1 is 1.04 bits per heavy atom. The Hall–Kier alpha value is -1.26. The molecule has 4 nitrogen and oxygen atoms in total. The van der Waals surface area contributed by atoms with Crippen LogP contribution in [0.3, 0.4) is 0 Å². The number of unbranched alkanes of at least 4 members (excludes halogenated alkanes) is 1. The lowest BCUT2D eigenvalue weighted by molar-refractivity contribution is 0.269. The smallest absolute Gasteiger partial charge is 0.161 e. The van der Waals surface area contributed by atoms with Crippen LogP contribution in [0.4, 0.5) is 0 Å². The number of nitrogens with one attached hydrogen (secondary N) is 1. The van der Waals surface area contributed by atoms with Crippen LogP contribution in [0.2, 0.25) is 0 Å². The number of para-hydroxylation sites is 2. The Bertz CT molecular complexity index is 431. The van der Waals surface area contributed by atoms with Crippen LogP contribution >= 0.6 is 0 Å². The zero-order valence-corrected chi connectivity index (χ0v) is 14.4. The third kappa shape index (κ3) is 6.80. The molecule has 1 aromatic rings. The van der Waals surface area contributed by atoms with E-state index in [0.717, 1.165) is 50.0 Å². The van der Waals surface area contributed by atoms with Gasteiger partial charge in [-0.3, -0.25) is 0 Å². The second kappa shape index (κ2) is 10.5. The predicted molar refractivity (Wildman–Crippen MR) is 95.1 cm³/mol. The molecule has 2 rings (SSSR count). The summed E-state index contributed by atoms with van der Waals surface area (Å²) in [7, 11) is 0. The summed E-state index contributed by atoms with van der Waals surface area (Å²) in [5, 5.41) is 3.58. The number of hydrogen-bond acceptors (Lipinski definition) is 4. The monoisotopic (exact) mass is 320 g/mol. The van der Waals surface area contributed by atoms with Gasteiger partial charge in [0.15, 0.2) is 11.5 Å². The van der Waals surface area contributed by atoms with Crippen molar-refractivity contribution in [3.05, 3.63) is 24.3 Å². The molecule has 4 heteroatoms. The maximum atomic E-state index is 5.94. The lowest BCUT2D eigenvalue weighted by Gasteiger charge is -2.26. The van der Waals surface area contributed by atoms with Gasteiger partial charge in [-0.2, -0.15) is 0 Å². The second-order valence-electron chi connectivity index (χ2n) is 6.42. The highest BCUT2D eigenvalue weighted by molar-refractivity contribution is 5.39.